The van der Waals surface area contributed by atoms with Crippen molar-refractivity contribution >= 4 is 27.6 Å². The van der Waals surface area contributed by atoms with E-state index in [1.54, 1.807) is 6.92 Å². The maximum Gasteiger partial charge on any atom is 0.322 e. The van der Waals surface area contributed by atoms with Gasteiger partial charge in [0.05, 0.1) is 12.6 Å². The van der Waals surface area contributed by atoms with E-state index >= 15 is 0 Å². The number of aromatic nitrogens is 4. The van der Waals surface area contributed by atoms with Crippen LogP contribution in [0, 0.1) is 20.8 Å². The average Bonchev–Trinajstić information content (AvgIpc) is 3.40. The third-order valence-corrected chi connectivity index (χ3v) is 5.82. The van der Waals surface area contributed by atoms with Crippen LogP contribution in [0.5, 0.6) is 0 Å². The first-order valence-electron chi connectivity index (χ1n) is 9.58. The Balaban J connectivity index is 1.57. The lowest BCUT2D eigenvalue weighted by atomic mass is 10.2. The minimum Gasteiger partial charge on any atom is -0.359 e. The van der Waals surface area contributed by atoms with Crippen LogP contribution in [0.25, 0.3) is 0 Å². The molecule has 1 atom stereocenters. The van der Waals surface area contributed by atoms with Crippen molar-refractivity contribution in [2.24, 2.45) is 0 Å². The second-order valence-corrected chi connectivity index (χ2v) is 8.21. The van der Waals surface area contributed by atoms with Gasteiger partial charge in [0, 0.05) is 11.0 Å². The van der Waals surface area contributed by atoms with E-state index in [0.717, 1.165) is 34.5 Å². The third kappa shape index (κ3) is 3.91. The van der Waals surface area contributed by atoms with Gasteiger partial charge in [0.1, 0.15) is 17.2 Å². The summed E-state index contributed by atoms with van der Waals surface area (Å²) in [6.45, 7) is 6.88. The Bertz CT molecular complexity index is 1010. The van der Waals surface area contributed by atoms with Crippen LogP contribution in [0.2, 0.25) is 0 Å². The van der Waals surface area contributed by atoms with Crippen LogP contribution in [0.15, 0.2) is 33.3 Å². The molecule has 1 aliphatic rings. The smallest absolute Gasteiger partial charge is 0.322 e. The second kappa shape index (κ2) is 7.98. The Kier molecular flexibility index (Phi) is 5.40. The number of halogens is 1. The molecule has 3 heterocycles. The van der Waals surface area contributed by atoms with Crippen LogP contribution in [-0.2, 0) is 6.54 Å². The lowest BCUT2D eigenvalue weighted by Crippen LogP contribution is -2.36. The summed E-state index contributed by atoms with van der Waals surface area (Å²) < 4.78 is 8.29. The lowest BCUT2D eigenvalue weighted by molar-refractivity contribution is 0.203. The van der Waals surface area contributed by atoms with E-state index in [1.807, 2.05) is 30.9 Å². The monoisotopic (exact) mass is 458 g/mol. The number of hydrogen-bond donors (Lipinski definition) is 1. The number of rotatable bonds is 4. The summed E-state index contributed by atoms with van der Waals surface area (Å²) in [7, 11) is 0. The van der Waals surface area contributed by atoms with Gasteiger partial charge in [0.15, 0.2) is 11.6 Å². The molecule has 29 heavy (non-hydrogen) atoms. The van der Waals surface area contributed by atoms with Gasteiger partial charge in [-0.2, -0.15) is 0 Å². The van der Waals surface area contributed by atoms with Gasteiger partial charge in [-0.15, -0.1) is 10.2 Å². The molecule has 3 aromatic rings. The molecular formula is C20H23BrN6O2. The van der Waals surface area contributed by atoms with Crippen molar-refractivity contribution in [1.29, 1.82) is 0 Å². The SMILES string of the molecule is Cc1noc(C)c1NC(=O)N1CCC[C@@H]1c1nnc(C)n1Cc1ccc(Br)cc1. The number of nitrogens with one attached hydrogen (secondary N) is 1. The van der Waals surface area contributed by atoms with Gasteiger partial charge >= 0.3 is 6.03 Å². The summed E-state index contributed by atoms with van der Waals surface area (Å²) in [5.74, 6) is 2.25. The summed E-state index contributed by atoms with van der Waals surface area (Å²) in [5.41, 5.74) is 2.45. The Morgan fingerprint density at radius 1 is 1.24 bits per heavy atom. The van der Waals surface area contributed by atoms with Crippen LogP contribution in [0.1, 0.15) is 47.5 Å². The molecule has 1 N–H and O–H groups in total. The van der Waals surface area contributed by atoms with Crippen molar-refractivity contribution in [2.75, 3.05) is 11.9 Å². The minimum absolute atomic E-state index is 0.118. The van der Waals surface area contributed by atoms with Gasteiger partial charge < -0.3 is 19.3 Å². The highest BCUT2D eigenvalue weighted by Crippen LogP contribution is 2.32. The van der Waals surface area contributed by atoms with E-state index in [1.165, 1.54) is 0 Å². The predicted molar refractivity (Wildman–Crippen MR) is 112 cm³/mol. The van der Waals surface area contributed by atoms with Crippen molar-refractivity contribution in [2.45, 2.75) is 46.2 Å². The quantitative estimate of drug-likeness (QED) is 0.626. The van der Waals surface area contributed by atoms with Crippen molar-refractivity contribution in [3.8, 4) is 0 Å². The van der Waals surface area contributed by atoms with E-state index < -0.39 is 0 Å². The number of benzene rings is 1. The fraction of sp³-hybridized carbons (Fsp3) is 0.400. The van der Waals surface area contributed by atoms with Gasteiger partial charge in [-0.3, -0.25) is 0 Å². The molecule has 2 amide bonds. The molecule has 1 saturated heterocycles. The van der Waals surface area contributed by atoms with Gasteiger partial charge in [-0.25, -0.2) is 4.79 Å². The topological polar surface area (TPSA) is 89.1 Å². The number of hydrogen-bond acceptors (Lipinski definition) is 5. The molecule has 0 radical (unpaired) electrons. The summed E-state index contributed by atoms with van der Waals surface area (Å²) >= 11 is 3.47. The molecule has 1 fully saturated rings. The summed E-state index contributed by atoms with van der Waals surface area (Å²) in [4.78, 5) is 14.8. The highest BCUT2D eigenvalue weighted by atomic mass is 79.9. The number of amides is 2. The molecule has 1 aliphatic heterocycles. The van der Waals surface area contributed by atoms with Crippen LogP contribution in [0.3, 0.4) is 0 Å². The largest absolute Gasteiger partial charge is 0.359 e. The number of aryl methyl sites for hydroxylation is 3. The first-order chi connectivity index (χ1) is 13.9. The molecular weight excluding hydrogens is 436 g/mol. The first-order valence-corrected chi connectivity index (χ1v) is 10.4. The number of carbonyl (C=O) groups excluding carboxylic acids is 1. The molecule has 0 spiro atoms. The van der Waals surface area contributed by atoms with Crippen molar-refractivity contribution < 1.29 is 9.32 Å². The normalized spacial score (nSPS) is 16.4. The highest BCUT2D eigenvalue weighted by Gasteiger charge is 2.34. The lowest BCUT2D eigenvalue weighted by Gasteiger charge is -2.25. The maximum absolute atomic E-state index is 13.0. The van der Waals surface area contributed by atoms with Crippen LogP contribution in [0.4, 0.5) is 10.5 Å². The molecule has 0 saturated carbocycles. The fourth-order valence-corrected chi connectivity index (χ4v) is 3.99. The molecule has 4 rings (SSSR count). The molecule has 0 bridgehead atoms. The molecule has 0 unspecified atom stereocenters. The van der Waals surface area contributed by atoms with Crippen molar-refractivity contribution in [3.05, 3.63) is 57.4 Å². The molecule has 0 aliphatic carbocycles. The zero-order valence-corrected chi connectivity index (χ0v) is 18.2. The van der Waals surface area contributed by atoms with Crippen molar-refractivity contribution in [3.63, 3.8) is 0 Å². The number of likely N-dealkylation sites (tertiary alicyclic amines) is 1. The van der Waals surface area contributed by atoms with Crippen molar-refractivity contribution in [1.82, 2.24) is 24.8 Å². The van der Waals surface area contributed by atoms with E-state index in [0.29, 0.717) is 30.2 Å². The van der Waals surface area contributed by atoms with E-state index in [2.05, 4.69) is 53.3 Å². The number of urea groups is 1. The Labute approximate surface area is 177 Å². The van der Waals surface area contributed by atoms with Crippen LogP contribution < -0.4 is 5.32 Å². The van der Waals surface area contributed by atoms with E-state index in [9.17, 15) is 4.79 Å². The summed E-state index contributed by atoms with van der Waals surface area (Å²) in [6, 6.07) is 7.90. The van der Waals surface area contributed by atoms with Crippen LogP contribution in [-0.4, -0.2) is 37.4 Å². The predicted octanol–water partition coefficient (Wildman–Crippen LogP) is 4.37. The minimum atomic E-state index is -0.169. The highest BCUT2D eigenvalue weighted by molar-refractivity contribution is 9.10. The Morgan fingerprint density at radius 3 is 2.69 bits per heavy atom. The molecule has 9 heteroatoms. The number of nitrogens with zero attached hydrogens (tertiary/aromatic N) is 5. The summed E-state index contributed by atoms with van der Waals surface area (Å²) in [6.07, 6.45) is 1.78. The van der Waals surface area contributed by atoms with Gasteiger partial charge in [0.2, 0.25) is 0 Å². The first kappa shape index (κ1) is 19.6. The standard InChI is InChI=1S/C20H23BrN6O2/c1-12-18(13(2)29-25-12)22-20(28)26-10-4-5-17(26)19-24-23-14(3)27(19)11-15-6-8-16(21)9-7-15/h6-9,17H,4-5,10-11H2,1-3H3,(H,22,28)/t17-/m1/s1. The average molecular weight is 459 g/mol. The molecule has 1 aromatic carbocycles. The van der Waals surface area contributed by atoms with Gasteiger partial charge in [0.25, 0.3) is 0 Å². The zero-order chi connectivity index (χ0) is 20.5. The molecule has 2 aromatic heterocycles. The zero-order valence-electron chi connectivity index (χ0n) is 16.6. The number of carbonyl (C=O) groups is 1. The summed E-state index contributed by atoms with van der Waals surface area (Å²) in [5, 5.41) is 15.6. The number of anilines is 1. The van der Waals surface area contributed by atoms with E-state index in [-0.39, 0.29) is 12.1 Å². The Hall–Kier alpha value is -2.68. The second-order valence-electron chi connectivity index (χ2n) is 7.30. The van der Waals surface area contributed by atoms with E-state index in [4.69, 9.17) is 4.52 Å². The van der Waals surface area contributed by atoms with Crippen LogP contribution >= 0.6 is 15.9 Å². The fourth-order valence-electron chi connectivity index (χ4n) is 3.73. The third-order valence-electron chi connectivity index (χ3n) is 5.30. The Morgan fingerprint density at radius 2 is 2.00 bits per heavy atom. The maximum atomic E-state index is 13.0. The molecule has 152 valence electrons. The van der Waals surface area contributed by atoms with Gasteiger partial charge in [-0.05, 0) is 51.3 Å². The van der Waals surface area contributed by atoms with Gasteiger partial charge in [-0.1, -0.05) is 33.2 Å². The molecule has 8 nitrogen and oxygen atoms in total.